The zero-order valence-corrected chi connectivity index (χ0v) is 17.8. The average molecular weight is 437 g/mol. The first kappa shape index (κ1) is 20.5. The molecule has 8 heteroatoms. The SMILES string of the molecule is O=S(=O)(c1cccc(NCc2cc(Cl)cc3c2OCOC3)c1)N1CCCCCC1. The van der Waals surface area contributed by atoms with Crippen molar-refractivity contribution >= 4 is 27.3 Å². The number of hydrogen-bond acceptors (Lipinski definition) is 5. The molecule has 0 amide bonds. The minimum absolute atomic E-state index is 0.213. The average Bonchev–Trinajstić information content (AvgIpc) is 3.02. The van der Waals surface area contributed by atoms with E-state index in [1.54, 1.807) is 22.5 Å². The molecule has 0 aliphatic carbocycles. The molecule has 156 valence electrons. The first-order valence-electron chi connectivity index (χ1n) is 9.90. The molecule has 0 radical (unpaired) electrons. The molecule has 0 saturated carbocycles. The van der Waals surface area contributed by atoms with Gasteiger partial charge in [0.25, 0.3) is 0 Å². The second kappa shape index (κ2) is 8.92. The van der Waals surface area contributed by atoms with Gasteiger partial charge in [-0.2, -0.15) is 4.31 Å². The van der Waals surface area contributed by atoms with Crippen LogP contribution in [0.1, 0.15) is 36.8 Å². The highest BCUT2D eigenvalue weighted by Crippen LogP contribution is 2.32. The van der Waals surface area contributed by atoms with E-state index in [1.165, 1.54) is 0 Å². The van der Waals surface area contributed by atoms with Crippen LogP contribution < -0.4 is 10.1 Å². The van der Waals surface area contributed by atoms with E-state index >= 15 is 0 Å². The third-order valence-corrected chi connectivity index (χ3v) is 7.38. The van der Waals surface area contributed by atoms with Crippen LogP contribution in [0.3, 0.4) is 0 Å². The fraction of sp³-hybridized carbons (Fsp3) is 0.429. The zero-order valence-electron chi connectivity index (χ0n) is 16.2. The Balaban J connectivity index is 1.52. The van der Waals surface area contributed by atoms with Gasteiger partial charge in [0.15, 0.2) is 6.79 Å². The van der Waals surface area contributed by atoms with E-state index in [0.717, 1.165) is 48.2 Å². The number of nitrogens with one attached hydrogen (secondary N) is 1. The quantitative estimate of drug-likeness (QED) is 0.753. The molecule has 2 aromatic carbocycles. The van der Waals surface area contributed by atoms with Gasteiger partial charge in [0.05, 0.1) is 11.5 Å². The van der Waals surface area contributed by atoms with Crippen molar-refractivity contribution < 1.29 is 17.9 Å². The van der Waals surface area contributed by atoms with E-state index in [1.807, 2.05) is 18.2 Å². The van der Waals surface area contributed by atoms with Crippen molar-refractivity contribution in [2.45, 2.75) is 43.7 Å². The van der Waals surface area contributed by atoms with Crippen LogP contribution >= 0.6 is 11.6 Å². The number of halogens is 1. The molecule has 1 N–H and O–H groups in total. The van der Waals surface area contributed by atoms with Crippen LogP contribution in [-0.4, -0.2) is 32.6 Å². The Bertz CT molecular complexity index is 973. The largest absolute Gasteiger partial charge is 0.467 e. The number of anilines is 1. The lowest BCUT2D eigenvalue weighted by molar-refractivity contribution is -0.0169. The lowest BCUT2D eigenvalue weighted by Gasteiger charge is -2.22. The number of benzene rings is 2. The number of fused-ring (bicyclic) bond motifs is 1. The van der Waals surface area contributed by atoms with Gasteiger partial charge < -0.3 is 14.8 Å². The summed E-state index contributed by atoms with van der Waals surface area (Å²) >= 11 is 6.22. The molecule has 6 nitrogen and oxygen atoms in total. The summed E-state index contributed by atoms with van der Waals surface area (Å²) in [6, 6.07) is 10.7. The third-order valence-electron chi connectivity index (χ3n) is 5.27. The van der Waals surface area contributed by atoms with Gasteiger partial charge in [-0.25, -0.2) is 8.42 Å². The predicted octanol–water partition coefficient (Wildman–Crippen LogP) is 4.38. The van der Waals surface area contributed by atoms with Crippen LogP contribution in [0.4, 0.5) is 5.69 Å². The topological polar surface area (TPSA) is 67.9 Å². The highest BCUT2D eigenvalue weighted by molar-refractivity contribution is 7.89. The van der Waals surface area contributed by atoms with Crippen molar-refractivity contribution in [3.63, 3.8) is 0 Å². The lowest BCUT2D eigenvalue weighted by Crippen LogP contribution is -2.31. The summed E-state index contributed by atoms with van der Waals surface area (Å²) in [6.45, 7) is 2.33. The predicted molar refractivity (Wildman–Crippen MR) is 113 cm³/mol. The zero-order chi connectivity index (χ0) is 20.3. The number of nitrogens with zero attached hydrogens (tertiary/aromatic N) is 1. The Morgan fingerprint density at radius 3 is 2.66 bits per heavy atom. The van der Waals surface area contributed by atoms with E-state index in [-0.39, 0.29) is 6.79 Å². The van der Waals surface area contributed by atoms with Gasteiger partial charge in [0.2, 0.25) is 10.0 Å². The maximum Gasteiger partial charge on any atom is 0.243 e. The van der Waals surface area contributed by atoms with E-state index in [4.69, 9.17) is 21.1 Å². The lowest BCUT2D eigenvalue weighted by atomic mass is 10.1. The molecule has 1 saturated heterocycles. The molecule has 2 aliphatic rings. The van der Waals surface area contributed by atoms with Crippen molar-refractivity contribution in [2.24, 2.45) is 0 Å². The molecular weight excluding hydrogens is 412 g/mol. The van der Waals surface area contributed by atoms with Crippen LogP contribution in [0.15, 0.2) is 41.3 Å². The van der Waals surface area contributed by atoms with E-state index in [0.29, 0.717) is 36.2 Å². The van der Waals surface area contributed by atoms with Crippen LogP contribution in [0.25, 0.3) is 0 Å². The normalized spacial score (nSPS) is 17.8. The second-order valence-electron chi connectivity index (χ2n) is 7.36. The summed E-state index contributed by atoms with van der Waals surface area (Å²) in [5.74, 6) is 0.779. The fourth-order valence-electron chi connectivity index (χ4n) is 3.78. The van der Waals surface area contributed by atoms with Crippen molar-refractivity contribution in [2.75, 3.05) is 25.2 Å². The summed E-state index contributed by atoms with van der Waals surface area (Å²) in [5, 5.41) is 3.92. The summed E-state index contributed by atoms with van der Waals surface area (Å²) in [6.07, 6.45) is 4.01. The molecule has 2 aliphatic heterocycles. The molecule has 29 heavy (non-hydrogen) atoms. The Morgan fingerprint density at radius 2 is 1.86 bits per heavy atom. The number of rotatable bonds is 5. The Kier molecular flexibility index (Phi) is 6.29. The van der Waals surface area contributed by atoms with E-state index in [9.17, 15) is 8.42 Å². The summed E-state index contributed by atoms with van der Waals surface area (Å²) < 4.78 is 38.7. The van der Waals surface area contributed by atoms with Crippen LogP contribution in [-0.2, 0) is 27.9 Å². The van der Waals surface area contributed by atoms with Crippen LogP contribution in [0.2, 0.25) is 5.02 Å². The van der Waals surface area contributed by atoms with Gasteiger partial charge >= 0.3 is 0 Å². The van der Waals surface area contributed by atoms with Crippen molar-refractivity contribution in [1.29, 1.82) is 0 Å². The molecule has 1 fully saturated rings. The molecular formula is C21H25ClN2O4S. The van der Waals surface area contributed by atoms with Gasteiger partial charge in [-0.05, 0) is 43.2 Å². The molecule has 0 unspecified atom stereocenters. The van der Waals surface area contributed by atoms with Crippen LogP contribution in [0, 0.1) is 0 Å². The number of sulfonamides is 1. The van der Waals surface area contributed by atoms with Gasteiger partial charge in [-0.15, -0.1) is 0 Å². The Labute approximate surface area is 176 Å². The van der Waals surface area contributed by atoms with Gasteiger partial charge in [0.1, 0.15) is 5.75 Å². The van der Waals surface area contributed by atoms with Crippen molar-refractivity contribution in [1.82, 2.24) is 4.31 Å². The maximum atomic E-state index is 13.0. The molecule has 2 aromatic rings. The minimum atomic E-state index is -3.48. The Hall–Kier alpha value is -1.80. The summed E-state index contributed by atoms with van der Waals surface area (Å²) in [5.41, 5.74) is 2.57. The molecule has 4 rings (SSSR count). The highest BCUT2D eigenvalue weighted by Gasteiger charge is 2.25. The molecule has 0 aromatic heterocycles. The van der Waals surface area contributed by atoms with Crippen molar-refractivity contribution in [3.05, 3.63) is 52.5 Å². The first-order valence-corrected chi connectivity index (χ1v) is 11.7. The monoisotopic (exact) mass is 436 g/mol. The molecule has 0 atom stereocenters. The summed E-state index contributed by atoms with van der Waals surface area (Å²) in [4.78, 5) is 0.321. The smallest absolute Gasteiger partial charge is 0.243 e. The fourth-order valence-corrected chi connectivity index (χ4v) is 5.61. The number of ether oxygens (including phenoxy) is 2. The first-order chi connectivity index (χ1) is 14.0. The third kappa shape index (κ3) is 4.69. The molecule has 2 heterocycles. The van der Waals surface area contributed by atoms with Gasteiger partial charge in [-0.1, -0.05) is 30.5 Å². The van der Waals surface area contributed by atoms with E-state index < -0.39 is 10.0 Å². The number of hydrogen-bond donors (Lipinski definition) is 1. The Morgan fingerprint density at radius 1 is 1.07 bits per heavy atom. The minimum Gasteiger partial charge on any atom is -0.467 e. The highest BCUT2D eigenvalue weighted by atomic mass is 35.5. The maximum absolute atomic E-state index is 13.0. The van der Waals surface area contributed by atoms with E-state index in [2.05, 4.69) is 5.32 Å². The second-order valence-corrected chi connectivity index (χ2v) is 9.74. The summed E-state index contributed by atoms with van der Waals surface area (Å²) in [7, 11) is -3.48. The van der Waals surface area contributed by atoms with Gasteiger partial charge in [0, 0.05) is 41.5 Å². The molecule has 0 bridgehead atoms. The molecule has 0 spiro atoms. The van der Waals surface area contributed by atoms with Gasteiger partial charge in [-0.3, -0.25) is 0 Å². The van der Waals surface area contributed by atoms with Crippen molar-refractivity contribution in [3.8, 4) is 5.75 Å². The standard InChI is InChI=1S/C21H25ClN2O4S/c22-18-10-16(21-17(11-18)14-27-15-28-21)13-23-19-6-5-7-20(12-19)29(25,26)24-8-3-1-2-4-9-24/h5-7,10-12,23H,1-4,8-9,13-15H2. The van der Waals surface area contributed by atoms with Crippen LogP contribution in [0.5, 0.6) is 5.75 Å².